The third-order valence-electron chi connectivity index (χ3n) is 7.19. The van der Waals surface area contributed by atoms with E-state index in [1.165, 1.54) is 0 Å². The van der Waals surface area contributed by atoms with Gasteiger partial charge in [0.25, 0.3) is 0 Å². The van der Waals surface area contributed by atoms with E-state index < -0.39 is 10.8 Å². The molecule has 1 saturated carbocycles. The van der Waals surface area contributed by atoms with E-state index in [1.807, 2.05) is 12.1 Å². The van der Waals surface area contributed by atoms with Gasteiger partial charge in [-0.2, -0.15) is 10.1 Å². The number of hydrazone groups is 1. The maximum atomic E-state index is 12.6. The van der Waals surface area contributed by atoms with E-state index in [2.05, 4.69) is 20.7 Å². The number of fused-ring (bicyclic) bond motifs is 1. The molecule has 0 bridgehead atoms. The number of anilines is 2. The molecule has 0 spiro atoms. The number of aromatic nitrogens is 2. The molecule has 4 aliphatic rings. The maximum Gasteiger partial charge on any atom is 0.227 e. The monoisotopic (exact) mass is 456 g/mol. The number of hydrogen-bond donors (Lipinski definition) is 3. The number of aliphatic hydroxyl groups is 1. The molecule has 2 fully saturated rings. The number of nitrogens with zero attached hydrogens (tertiary/aromatic N) is 4. The van der Waals surface area contributed by atoms with Gasteiger partial charge in [0.1, 0.15) is 22.2 Å². The minimum absolute atomic E-state index is 0.0651. The van der Waals surface area contributed by atoms with Gasteiger partial charge in [-0.3, -0.25) is 4.21 Å². The molecule has 2 aromatic heterocycles. The molecule has 10 heteroatoms. The zero-order valence-electron chi connectivity index (χ0n) is 17.9. The van der Waals surface area contributed by atoms with Crippen molar-refractivity contribution in [3.05, 3.63) is 29.9 Å². The van der Waals surface area contributed by atoms with Crippen LogP contribution in [0.3, 0.4) is 0 Å². The molecule has 0 aromatic carbocycles. The zero-order chi connectivity index (χ0) is 21.7. The summed E-state index contributed by atoms with van der Waals surface area (Å²) in [6.45, 7) is 1.83. The van der Waals surface area contributed by atoms with Gasteiger partial charge in [0.2, 0.25) is 5.95 Å². The van der Waals surface area contributed by atoms with Crippen LogP contribution in [0.5, 0.6) is 0 Å². The number of rotatable bonds is 6. The lowest BCUT2D eigenvalue weighted by molar-refractivity contribution is 0.265. The van der Waals surface area contributed by atoms with Gasteiger partial charge in [0.05, 0.1) is 40.9 Å². The topological polar surface area (TPSA) is 116 Å². The van der Waals surface area contributed by atoms with E-state index in [4.69, 9.17) is 14.4 Å². The third-order valence-corrected chi connectivity index (χ3v) is 8.65. The third kappa shape index (κ3) is 3.59. The number of nitrogens with one attached hydrogen (secondary N) is 2. The van der Waals surface area contributed by atoms with Gasteiger partial charge in [-0.15, -0.1) is 0 Å². The van der Waals surface area contributed by atoms with Crippen molar-refractivity contribution in [1.82, 2.24) is 15.4 Å². The quantitative estimate of drug-likeness (QED) is 0.601. The first-order valence-corrected chi connectivity index (χ1v) is 12.8. The molecule has 5 heterocycles. The van der Waals surface area contributed by atoms with Crippen LogP contribution in [0.2, 0.25) is 0 Å². The van der Waals surface area contributed by atoms with E-state index in [9.17, 15) is 9.32 Å². The number of hydrogen-bond acceptors (Lipinski definition) is 9. The van der Waals surface area contributed by atoms with Crippen LogP contribution in [0.4, 0.5) is 11.8 Å². The van der Waals surface area contributed by atoms with E-state index >= 15 is 0 Å². The molecule has 2 unspecified atom stereocenters. The summed E-state index contributed by atoms with van der Waals surface area (Å²) in [5.41, 5.74) is 4.89. The zero-order valence-corrected chi connectivity index (χ0v) is 18.7. The molecular weight excluding hydrogens is 428 g/mol. The Balaban J connectivity index is 1.15. The number of aryl methyl sites for hydroxylation is 1. The smallest absolute Gasteiger partial charge is 0.227 e. The molecular formula is C22H28N6O3S. The number of piperidine rings is 1. The van der Waals surface area contributed by atoms with Crippen LogP contribution < -0.4 is 15.6 Å². The Bertz CT molecular complexity index is 1060. The molecule has 1 aliphatic carbocycles. The summed E-state index contributed by atoms with van der Waals surface area (Å²) in [7, 11) is -1.07. The normalized spacial score (nSPS) is 26.5. The van der Waals surface area contributed by atoms with Crippen LogP contribution in [0.15, 0.2) is 32.8 Å². The second-order valence-corrected chi connectivity index (χ2v) is 10.8. The molecule has 9 nitrogen and oxygen atoms in total. The lowest BCUT2D eigenvalue weighted by atomic mass is 9.87. The van der Waals surface area contributed by atoms with Gasteiger partial charge >= 0.3 is 0 Å². The fraction of sp³-hybridized carbons (Fsp3) is 0.591. The van der Waals surface area contributed by atoms with Crippen LogP contribution in [-0.2, 0) is 17.2 Å². The minimum atomic E-state index is -1.07. The first kappa shape index (κ1) is 20.2. The molecule has 0 amide bonds. The second kappa shape index (κ2) is 7.84. The molecule has 6 rings (SSSR count). The highest BCUT2D eigenvalue weighted by Gasteiger charge is 2.44. The predicted molar refractivity (Wildman–Crippen MR) is 121 cm³/mol. The van der Waals surface area contributed by atoms with Crippen molar-refractivity contribution in [2.75, 3.05) is 35.7 Å². The lowest BCUT2D eigenvalue weighted by Crippen LogP contribution is -2.41. The summed E-state index contributed by atoms with van der Waals surface area (Å²) in [6.07, 6.45) is 7.18. The van der Waals surface area contributed by atoms with E-state index in [-0.39, 0.29) is 12.1 Å². The summed E-state index contributed by atoms with van der Waals surface area (Å²) < 4.78 is 18.1. The SMILES string of the molecule is O=S1CCc2nc(N3CCC(C4CC(c5ccco5)=NN4)CC3)nc(NC3(CO)CC3)c21. The fourth-order valence-electron chi connectivity index (χ4n) is 4.97. The highest BCUT2D eigenvalue weighted by Crippen LogP contribution is 2.41. The highest BCUT2D eigenvalue weighted by atomic mass is 32.2. The molecule has 1 saturated heterocycles. The Morgan fingerprint density at radius 2 is 2.16 bits per heavy atom. The average Bonchev–Trinajstić information content (AvgIpc) is 3.23. The summed E-state index contributed by atoms with van der Waals surface area (Å²) in [5, 5.41) is 17.7. The average molecular weight is 457 g/mol. The Labute approximate surface area is 189 Å². The van der Waals surface area contributed by atoms with Gasteiger partial charge in [-0.25, -0.2) is 4.98 Å². The Morgan fingerprint density at radius 3 is 2.88 bits per heavy atom. The largest absolute Gasteiger partial charge is 0.463 e. The van der Waals surface area contributed by atoms with E-state index in [0.717, 1.165) is 67.3 Å². The van der Waals surface area contributed by atoms with Gasteiger partial charge in [0.15, 0.2) is 0 Å². The number of aliphatic hydroxyl groups excluding tert-OH is 1. The Hall–Kier alpha value is -2.46. The molecule has 3 aliphatic heterocycles. The van der Waals surface area contributed by atoms with Crippen LogP contribution in [0.25, 0.3) is 0 Å². The number of furan rings is 1. The van der Waals surface area contributed by atoms with Crippen molar-refractivity contribution in [3.63, 3.8) is 0 Å². The highest BCUT2D eigenvalue weighted by molar-refractivity contribution is 7.85. The molecule has 3 N–H and O–H groups in total. The molecule has 0 radical (unpaired) electrons. The summed E-state index contributed by atoms with van der Waals surface area (Å²) >= 11 is 0. The Morgan fingerprint density at radius 1 is 1.31 bits per heavy atom. The van der Waals surface area contributed by atoms with Crippen molar-refractivity contribution < 1.29 is 13.7 Å². The first-order valence-electron chi connectivity index (χ1n) is 11.4. The fourth-order valence-corrected chi connectivity index (χ4v) is 6.27. The van der Waals surface area contributed by atoms with Crippen molar-refractivity contribution in [2.24, 2.45) is 11.0 Å². The Kier molecular flexibility index (Phi) is 4.94. The molecule has 2 atom stereocenters. The van der Waals surface area contributed by atoms with E-state index in [1.54, 1.807) is 6.26 Å². The second-order valence-electron chi connectivity index (χ2n) is 9.31. The molecule has 32 heavy (non-hydrogen) atoms. The van der Waals surface area contributed by atoms with Gasteiger partial charge in [-0.05, 0) is 43.7 Å². The standard InChI is InChI=1S/C22H28N6O3S/c29-13-22(6-7-22)25-20-19-15(5-11-32(19)30)23-21(24-20)28-8-3-14(4-9-28)16-12-17(27-26-16)18-2-1-10-31-18/h1-2,10,14,16,26,29H,3-9,11-13H2,(H,23,24,25). The first-order chi connectivity index (χ1) is 15.6. The van der Waals surface area contributed by atoms with Gasteiger partial charge < -0.3 is 25.2 Å². The van der Waals surface area contributed by atoms with Gasteiger partial charge in [0, 0.05) is 31.7 Å². The van der Waals surface area contributed by atoms with Crippen LogP contribution >= 0.6 is 0 Å². The van der Waals surface area contributed by atoms with Crippen LogP contribution in [-0.4, -0.2) is 62.0 Å². The van der Waals surface area contributed by atoms with Crippen LogP contribution in [0.1, 0.15) is 43.6 Å². The predicted octanol–water partition coefficient (Wildman–Crippen LogP) is 1.65. The van der Waals surface area contributed by atoms with Crippen molar-refractivity contribution in [3.8, 4) is 0 Å². The van der Waals surface area contributed by atoms with Gasteiger partial charge in [-0.1, -0.05) is 0 Å². The summed E-state index contributed by atoms with van der Waals surface area (Å²) in [4.78, 5) is 12.6. The molecule has 2 aromatic rings. The van der Waals surface area contributed by atoms with Crippen molar-refractivity contribution in [1.29, 1.82) is 0 Å². The molecule has 170 valence electrons. The summed E-state index contributed by atoms with van der Waals surface area (Å²) in [6, 6.07) is 4.18. The van der Waals surface area contributed by atoms with Crippen molar-refractivity contribution in [2.45, 2.75) is 55.0 Å². The maximum absolute atomic E-state index is 12.6. The van der Waals surface area contributed by atoms with Crippen LogP contribution in [0, 0.1) is 5.92 Å². The minimum Gasteiger partial charge on any atom is -0.463 e. The van der Waals surface area contributed by atoms with Crippen molar-refractivity contribution >= 4 is 28.3 Å². The summed E-state index contributed by atoms with van der Waals surface area (Å²) in [5.74, 6) is 3.35. The lowest BCUT2D eigenvalue weighted by Gasteiger charge is -2.35. The van der Waals surface area contributed by atoms with E-state index in [0.29, 0.717) is 35.9 Å².